The molecule has 1 aromatic rings. The summed E-state index contributed by atoms with van der Waals surface area (Å²) >= 11 is 0. The molecule has 0 aliphatic heterocycles. The van der Waals surface area contributed by atoms with Crippen molar-refractivity contribution in [3.63, 3.8) is 0 Å². The minimum absolute atomic E-state index is 0.0105. The standard InChI is InChI=1S/C14H19FO3S/c1-14(2,3)19(17,18)10-4-5-13(16)11-6-8-12(15)9-7-11/h6-9H,4-5,10H2,1-3H3. The Morgan fingerprint density at radius 3 is 2.16 bits per heavy atom. The molecule has 0 spiro atoms. The fourth-order valence-corrected chi connectivity index (χ4v) is 2.65. The maximum Gasteiger partial charge on any atom is 0.162 e. The molecule has 106 valence electrons. The van der Waals surface area contributed by atoms with Gasteiger partial charge in [-0.3, -0.25) is 4.79 Å². The molecular formula is C14H19FO3S. The van der Waals surface area contributed by atoms with E-state index in [9.17, 15) is 17.6 Å². The Labute approximate surface area is 113 Å². The van der Waals surface area contributed by atoms with E-state index in [1.807, 2.05) is 0 Å². The first-order chi connectivity index (χ1) is 8.63. The maximum atomic E-state index is 12.7. The number of hydrogen-bond acceptors (Lipinski definition) is 3. The second-order valence-electron chi connectivity index (χ2n) is 5.46. The summed E-state index contributed by atoms with van der Waals surface area (Å²) in [5.74, 6) is -0.570. The molecule has 0 radical (unpaired) electrons. The summed E-state index contributed by atoms with van der Waals surface area (Å²) in [7, 11) is -3.19. The Morgan fingerprint density at radius 2 is 1.68 bits per heavy atom. The molecule has 0 N–H and O–H groups in total. The summed E-state index contributed by atoms with van der Waals surface area (Å²) in [6, 6.07) is 5.27. The minimum Gasteiger partial charge on any atom is -0.294 e. The topological polar surface area (TPSA) is 51.2 Å². The number of Topliss-reactive ketones (excluding diaryl/α,β-unsaturated/α-hetero) is 1. The highest BCUT2D eigenvalue weighted by Crippen LogP contribution is 2.18. The van der Waals surface area contributed by atoms with E-state index in [-0.39, 0.29) is 24.4 Å². The fourth-order valence-electron chi connectivity index (χ4n) is 1.51. The van der Waals surface area contributed by atoms with E-state index in [0.717, 1.165) is 0 Å². The van der Waals surface area contributed by atoms with Crippen molar-refractivity contribution >= 4 is 15.6 Å². The predicted molar refractivity (Wildman–Crippen MR) is 73.5 cm³/mol. The quantitative estimate of drug-likeness (QED) is 0.782. The van der Waals surface area contributed by atoms with E-state index in [2.05, 4.69) is 0 Å². The van der Waals surface area contributed by atoms with Crippen molar-refractivity contribution in [2.75, 3.05) is 5.75 Å². The molecule has 0 aliphatic rings. The van der Waals surface area contributed by atoms with Gasteiger partial charge in [-0.1, -0.05) is 0 Å². The zero-order valence-corrected chi connectivity index (χ0v) is 12.3. The van der Waals surface area contributed by atoms with E-state index >= 15 is 0 Å². The van der Waals surface area contributed by atoms with Gasteiger partial charge in [0, 0.05) is 12.0 Å². The van der Waals surface area contributed by atoms with Crippen molar-refractivity contribution in [1.82, 2.24) is 0 Å². The Hall–Kier alpha value is -1.23. The molecule has 0 aliphatic carbocycles. The molecule has 0 unspecified atom stereocenters. The van der Waals surface area contributed by atoms with Crippen LogP contribution in [0.2, 0.25) is 0 Å². The van der Waals surface area contributed by atoms with Gasteiger partial charge in [0.15, 0.2) is 15.6 Å². The van der Waals surface area contributed by atoms with Crippen molar-refractivity contribution in [1.29, 1.82) is 0 Å². The monoisotopic (exact) mass is 286 g/mol. The molecule has 0 amide bonds. The highest BCUT2D eigenvalue weighted by molar-refractivity contribution is 7.92. The summed E-state index contributed by atoms with van der Waals surface area (Å²) in [6.45, 7) is 4.93. The first-order valence-corrected chi connectivity index (χ1v) is 7.80. The van der Waals surface area contributed by atoms with Crippen molar-refractivity contribution in [2.45, 2.75) is 38.4 Å². The van der Waals surface area contributed by atoms with Crippen LogP contribution in [0.25, 0.3) is 0 Å². The molecule has 5 heteroatoms. The van der Waals surface area contributed by atoms with Gasteiger partial charge in [-0.15, -0.1) is 0 Å². The lowest BCUT2D eigenvalue weighted by atomic mass is 10.1. The van der Waals surface area contributed by atoms with Crippen molar-refractivity contribution in [3.8, 4) is 0 Å². The second kappa shape index (κ2) is 5.82. The highest BCUT2D eigenvalue weighted by Gasteiger charge is 2.28. The second-order valence-corrected chi connectivity index (χ2v) is 8.33. The number of ketones is 1. The molecule has 1 aromatic carbocycles. The SMILES string of the molecule is CC(C)(C)S(=O)(=O)CCCC(=O)c1ccc(F)cc1. The number of sulfone groups is 1. The van der Waals surface area contributed by atoms with Crippen LogP contribution in [0.15, 0.2) is 24.3 Å². The lowest BCUT2D eigenvalue weighted by Gasteiger charge is -2.18. The molecule has 3 nitrogen and oxygen atoms in total. The number of carbonyl (C=O) groups is 1. The molecule has 19 heavy (non-hydrogen) atoms. The van der Waals surface area contributed by atoms with Gasteiger partial charge in [0.25, 0.3) is 0 Å². The fraction of sp³-hybridized carbons (Fsp3) is 0.500. The van der Waals surface area contributed by atoms with Crippen LogP contribution in [0.5, 0.6) is 0 Å². The van der Waals surface area contributed by atoms with E-state index in [4.69, 9.17) is 0 Å². The van der Waals surface area contributed by atoms with Crippen LogP contribution in [0.4, 0.5) is 4.39 Å². The van der Waals surface area contributed by atoms with Crippen LogP contribution < -0.4 is 0 Å². The van der Waals surface area contributed by atoms with Crippen LogP contribution in [0, 0.1) is 5.82 Å². The maximum absolute atomic E-state index is 12.7. The van der Waals surface area contributed by atoms with Crippen molar-refractivity contribution in [3.05, 3.63) is 35.6 Å². The van der Waals surface area contributed by atoms with Gasteiger partial charge < -0.3 is 0 Å². The smallest absolute Gasteiger partial charge is 0.162 e. The number of carbonyl (C=O) groups excluding carboxylic acids is 1. The van der Waals surface area contributed by atoms with Crippen LogP contribution in [-0.4, -0.2) is 24.7 Å². The van der Waals surface area contributed by atoms with Crippen LogP contribution >= 0.6 is 0 Å². The number of hydrogen-bond donors (Lipinski definition) is 0. The first kappa shape index (κ1) is 15.8. The summed E-state index contributed by atoms with van der Waals surface area (Å²) in [4.78, 5) is 11.8. The number of halogens is 1. The van der Waals surface area contributed by atoms with Gasteiger partial charge in [-0.05, 0) is 51.5 Å². The summed E-state index contributed by atoms with van der Waals surface area (Å²) < 4.78 is 35.6. The zero-order valence-electron chi connectivity index (χ0n) is 11.4. The van der Waals surface area contributed by atoms with Crippen molar-refractivity contribution < 1.29 is 17.6 Å². The van der Waals surface area contributed by atoms with Gasteiger partial charge in [-0.25, -0.2) is 12.8 Å². The molecule has 0 heterocycles. The molecule has 0 atom stereocenters. The van der Waals surface area contributed by atoms with Gasteiger partial charge in [0.05, 0.1) is 10.5 Å². The predicted octanol–water partition coefficient (Wildman–Crippen LogP) is 3.00. The van der Waals surface area contributed by atoms with E-state index in [0.29, 0.717) is 5.56 Å². The van der Waals surface area contributed by atoms with Crippen LogP contribution in [0.3, 0.4) is 0 Å². The normalized spacial score (nSPS) is 12.4. The third-order valence-corrected chi connectivity index (χ3v) is 5.61. The third-order valence-electron chi connectivity index (χ3n) is 2.92. The average Bonchev–Trinajstić information content (AvgIpc) is 2.28. The van der Waals surface area contributed by atoms with Gasteiger partial charge in [0.1, 0.15) is 5.82 Å². The average molecular weight is 286 g/mol. The first-order valence-electron chi connectivity index (χ1n) is 6.14. The third kappa shape index (κ3) is 4.42. The molecule has 0 saturated heterocycles. The Kier molecular flexibility index (Phi) is 4.85. The molecule has 0 aromatic heterocycles. The van der Waals surface area contributed by atoms with Gasteiger partial charge in [-0.2, -0.15) is 0 Å². The van der Waals surface area contributed by atoms with Crippen LogP contribution in [-0.2, 0) is 9.84 Å². The lowest BCUT2D eigenvalue weighted by molar-refractivity contribution is 0.0982. The highest BCUT2D eigenvalue weighted by atomic mass is 32.2. The summed E-state index contributed by atoms with van der Waals surface area (Å²) in [5, 5.41) is 0. The molecule has 0 bridgehead atoms. The minimum atomic E-state index is -3.19. The van der Waals surface area contributed by atoms with Gasteiger partial charge in [0.2, 0.25) is 0 Å². The van der Waals surface area contributed by atoms with E-state index < -0.39 is 20.4 Å². The van der Waals surface area contributed by atoms with Crippen LogP contribution in [0.1, 0.15) is 44.0 Å². The van der Waals surface area contributed by atoms with Gasteiger partial charge >= 0.3 is 0 Å². The van der Waals surface area contributed by atoms with E-state index in [1.165, 1.54) is 24.3 Å². The molecular weight excluding hydrogens is 267 g/mol. The summed E-state index contributed by atoms with van der Waals surface area (Å²) in [6.07, 6.45) is 0.441. The molecule has 1 rings (SSSR count). The van der Waals surface area contributed by atoms with E-state index in [1.54, 1.807) is 20.8 Å². The largest absolute Gasteiger partial charge is 0.294 e. The summed E-state index contributed by atoms with van der Waals surface area (Å²) in [5.41, 5.74) is 0.412. The Balaban J connectivity index is 2.55. The molecule has 0 fully saturated rings. The molecule has 0 saturated carbocycles. The van der Waals surface area contributed by atoms with Crippen molar-refractivity contribution in [2.24, 2.45) is 0 Å². The number of benzene rings is 1. The number of rotatable bonds is 5. The zero-order chi connectivity index (χ0) is 14.7. The lowest BCUT2D eigenvalue weighted by Crippen LogP contribution is -2.30. The Bertz CT molecular complexity index is 539. The Morgan fingerprint density at radius 1 is 1.16 bits per heavy atom.